The van der Waals surface area contributed by atoms with Gasteiger partial charge in [0.05, 0.1) is 0 Å². The molecule has 1 rings (SSSR count). The summed E-state index contributed by atoms with van der Waals surface area (Å²) in [6.45, 7) is 12.2. The fourth-order valence-corrected chi connectivity index (χ4v) is 1.25. The molecule has 1 unspecified atom stereocenters. The maximum absolute atomic E-state index is 9.98. The van der Waals surface area contributed by atoms with Gasteiger partial charge in [0.1, 0.15) is 5.72 Å². The van der Waals surface area contributed by atoms with Crippen LogP contribution in [0.4, 0.5) is 0 Å². The summed E-state index contributed by atoms with van der Waals surface area (Å²) in [4.78, 5) is 1.84. The molecule has 0 spiro atoms. The van der Waals surface area contributed by atoms with Crippen LogP contribution in [-0.2, 0) is 28.1 Å². The first-order chi connectivity index (χ1) is 11.7. The molecule has 0 saturated heterocycles. The summed E-state index contributed by atoms with van der Waals surface area (Å²) in [6.07, 6.45) is 1.16. The van der Waals surface area contributed by atoms with Gasteiger partial charge in [0, 0.05) is 40.0 Å². The minimum atomic E-state index is -0.712. The standard InChI is InChI=1S/C12H19NO.3C3H8O.Ti/c1-12(14,13(2)3)10-9-11-7-5-4-6-8-11;3*1-3(2)4;/h4-8,14H,9-10H2,1-3H3;3*3-4H,1-2H3;. The van der Waals surface area contributed by atoms with E-state index in [0.717, 1.165) is 12.8 Å². The molecule has 0 aliphatic heterocycles. The second-order valence-corrected chi connectivity index (χ2v) is 7.38. The first-order valence-electron chi connectivity index (χ1n) is 9.20. The van der Waals surface area contributed by atoms with Crippen molar-refractivity contribution < 1.29 is 42.1 Å². The first-order valence-corrected chi connectivity index (χ1v) is 9.20. The van der Waals surface area contributed by atoms with E-state index in [-0.39, 0.29) is 40.0 Å². The fourth-order valence-electron chi connectivity index (χ4n) is 1.25. The molecule has 1 aromatic carbocycles. The second kappa shape index (κ2) is 20.5. The van der Waals surface area contributed by atoms with Crippen LogP contribution >= 0.6 is 0 Å². The Kier molecular flexibility index (Phi) is 26.0. The van der Waals surface area contributed by atoms with Gasteiger partial charge in [-0.2, -0.15) is 0 Å². The molecular formula is C21H43NO4Ti. The largest absolute Gasteiger partial charge is 0.394 e. The number of hydrogen-bond acceptors (Lipinski definition) is 5. The van der Waals surface area contributed by atoms with Gasteiger partial charge < -0.3 is 20.4 Å². The van der Waals surface area contributed by atoms with Gasteiger partial charge in [0.2, 0.25) is 0 Å². The van der Waals surface area contributed by atoms with E-state index in [2.05, 4.69) is 12.1 Å². The Labute approximate surface area is 182 Å². The van der Waals surface area contributed by atoms with Crippen molar-refractivity contribution in [1.82, 2.24) is 4.90 Å². The number of rotatable bonds is 4. The SMILES string of the molecule is CC(C)O.CC(C)O.CC(C)O.CN(C)C(C)(O)CCc1ccccc1.[Ti]. The molecule has 1 atom stereocenters. The van der Waals surface area contributed by atoms with E-state index in [4.69, 9.17) is 15.3 Å². The predicted molar refractivity (Wildman–Crippen MR) is 111 cm³/mol. The maximum atomic E-state index is 9.98. The minimum Gasteiger partial charge on any atom is -0.394 e. The van der Waals surface area contributed by atoms with Crippen molar-refractivity contribution in [2.45, 2.75) is 85.3 Å². The molecule has 0 radical (unpaired) electrons. The number of aliphatic hydroxyl groups excluding tert-OH is 3. The zero-order chi connectivity index (χ0) is 21.3. The topological polar surface area (TPSA) is 84.2 Å². The van der Waals surface area contributed by atoms with Gasteiger partial charge >= 0.3 is 0 Å². The van der Waals surface area contributed by atoms with Crippen LogP contribution in [0.5, 0.6) is 0 Å². The summed E-state index contributed by atoms with van der Waals surface area (Å²) in [5, 5.41) is 34.1. The fraction of sp³-hybridized carbons (Fsp3) is 0.714. The molecule has 0 fully saturated rings. The van der Waals surface area contributed by atoms with Crippen LogP contribution in [0.25, 0.3) is 0 Å². The molecule has 1 aromatic rings. The van der Waals surface area contributed by atoms with Crippen molar-refractivity contribution >= 4 is 0 Å². The molecule has 0 amide bonds. The number of aryl methyl sites for hydroxylation is 1. The van der Waals surface area contributed by atoms with Crippen LogP contribution in [0.2, 0.25) is 0 Å². The maximum Gasteiger partial charge on any atom is 0.115 e. The van der Waals surface area contributed by atoms with Crippen LogP contribution < -0.4 is 0 Å². The van der Waals surface area contributed by atoms with Crippen molar-refractivity contribution in [2.75, 3.05) is 14.1 Å². The molecule has 0 aromatic heterocycles. The molecule has 4 N–H and O–H groups in total. The molecule has 0 aliphatic rings. The molecule has 160 valence electrons. The van der Waals surface area contributed by atoms with Gasteiger partial charge in [-0.25, -0.2) is 0 Å². The Balaban J connectivity index is -0.000000169. The van der Waals surface area contributed by atoms with Gasteiger partial charge in [-0.1, -0.05) is 30.3 Å². The Hall–Kier alpha value is -0.266. The number of benzene rings is 1. The van der Waals surface area contributed by atoms with Gasteiger partial charge in [-0.15, -0.1) is 0 Å². The minimum absolute atomic E-state index is 0. The summed E-state index contributed by atoms with van der Waals surface area (Å²) in [5.74, 6) is 0. The Morgan fingerprint density at radius 1 is 0.815 bits per heavy atom. The molecule has 0 bridgehead atoms. The predicted octanol–water partition coefficient (Wildman–Crippen LogP) is 3.05. The van der Waals surface area contributed by atoms with Crippen molar-refractivity contribution in [3.8, 4) is 0 Å². The number of hydrogen-bond donors (Lipinski definition) is 4. The smallest absolute Gasteiger partial charge is 0.115 e. The summed E-state index contributed by atoms with van der Waals surface area (Å²) < 4.78 is 0. The molecule has 0 heterocycles. The molecule has 27 heavy (non-hydrogen) atoms. The van der Waals surface area contributed by atoms with Crippen molar-refractivity contribution in [3.63, 3.8) is 0 Å². The second-order valence-electron chi connectivity index (χ2n) is 7.38. The van der Waals surface area contributed by atoms with Crippen LogP contribution in [0.15, 0.2) is 30.3 Å². The van der Waals surface area contributed by atoms with Crippen LogP contribution in [0.3, 0.4) is 0 Å². The number of aliphatic hydroxyl groups is 4. The Bertz CT molecular complexity index is 374. The molecule has 0 saturated carbocycles. The summed E-state index contributed by atoms with van der Waals surface area (Å²) in [5.41, 5.74) is 0.560. The normalized spacial score (nSPS) is 12.0. The molecule has 6 heteroatoms. The van der Waals surface area contributed by atoms with Crippen molar-refractivity contribution in [3.05, 3.63) is 35.9 Å². The molecular weight excluding hydrogens is 378 g/mol. The van der Waals surface area contributed by atoms with Gasteiger partial charge in [0.15, 0.2) is 0 Å². The van der Waals surface area contributed by atoms with Gasteiger partial charge in [-0.3, -0.25) is 4.90 Å². The van der Waals surface area contributed by atoms with E-state index in [1.54, 1.807) is 41.5 Å². The molecule has 5 nitrogen and oxygen atoms in total. The van der Waals surface area contributed by atoms with E-state index in [9.17, 15) is 5.11 Å². The van der Waals surface area contributed by atoms with Crippen LogP contribution in [0.1, 0.15) is 60.5 Å². The third-order valence-corrected chi connectivity index (χ3v) is 2.69. The Morgan fingerprint density at radius 3 is 1.37 bits per heavy atom. The van der Waals surface area contributed by atoms with E-state index in [1.165, 1.54) is 5.56 Å². The zero-order valence-electron chi connectivity index (χ0n) is 18.8. The van der Waals surface area contributed by atoms with E-state index < -0.39 is 5.72 Å². The quantitative estimate of drug-likeness (QED) is 0.444. The zero-order valence-corrected chi connectivity index (χ0v) is 20.3. The van der Waals surface area contributed by atoms with Crippen molar-refractivity contribution in [2.24, 2.45) is 0 Å². The monoisotopic (exact) mass is 421 g/mol. The number of nitrogens with zero attached hydrogens (tertiary/aromatic N) is 1. The summed E-state index contributed by atoms with van der Waals surface area (Å²) in [6, 6.07) is 10.2. The summed E-state index contributed by atoms with van der Waals surface area (Å²) in [7, 11) is 3.79. The van der Waals surface area contributed by atoms with E-state index >= 15 is 0 Å². The van der Waals surface area contributed by atoms with Crippen LogP contribution in [-0.4, -0.2) is 63.5 Å². The Morgan fingerprint density at radius 2 is 1.11 bits per heavy atom. The van der Waals surface area contributed by atoms with Crippen molar-refractivity contribution in [1.29, 1.82) is 0 Å². The summed E-state index contributed by atoms with van der Waals surface area (Å²) >= 11 is 0. The van der Waals surface area contributed by atoms with Crippen LogP contribution in [0, 0.1) is 0 Å². The third-order valence-electron chi connectivity index (χ3n) is 2.69. The first kappa shape index (κ1) is 34.3. The van der Waals surface area contributed by atoms with Gasteiger partial charge in [0.25, 0.3) is 0 Å². The van der Waals surface area contributed by atoms with E-state index in [0.29, 0.717) is 0 Å². The third kappa shape index (κ3) is 37.2. The average molecular weight is 421 g/mol. The van der Waals surface area contributed by atoms with Gasteiger partial charge in [-0.05, 0) is 81.0 Å². The van der Waals surface area contributed by atoms with E-state index in [1.807, 2.05) is 44.1 Å². The molecule has 0 aliphatic carbocycles. The average Bonchev–Trinajstić information content (AvgIpc) is 2.44.